The maximum absolute atomic E-state index is 13.7. The minimum atomic E-state index is -0.832. The number of fused-ring (bicyclic) bond motifs is 1. The number of rotatable bonds is 7. The quantitative estimate of drug-likeness (QED) is 0.478. The van der Waals surface area contributed by atoms with Gasteiger partial charge in [0.2, 0.25) is 11.8 Å². The van der Waals surface area contributed by atoms with Crippen molar-refractivity contribution in [3.05, 3.63) is 83.8 Å². The fraction of sp³-hybridized carbons (Fsp3) is 0.321. The number of carbonyl (C=O) groups excluding carboxylic acids is 3. The van der Waals surface area contributed by atoms with E-state index in [1.807, 2.05) is 24.3 Å². The number of benzene rings is 2. The number of carbonyl (C=O) groups is 3. The van der Waals surface area contributed by atoms with Crippen LogP contribution in [0.1, 0.15) is 16.9 Å². The fourth-order valence-electron chi connectivity index (χ4n) is 5.10. The van der Waals surface area contributed by atoms with E-state index in [-0.39, 0.29) is 56.2 Å². The third-order valence-corrected chi connectivity index (χ3v) is 7.04. The van der Waals surface area contributed by atoms with E-state index in [0.717, 1.165) is 16.9 Å². The lowest BCUT2D eigenvalue weighted by Gasteiger charge is -2.54. The van der Waals surface area contributed by atoms with Crippen molar-refractivity contribution in [2.45, 2.75) is 31.7 Å². The van der Waals surface area contributed by atoms with Crippen molar-refractivity contribution in [1.82, 2.24) is 25.1 Å². The number of hydrogen-bond donors (Lipinski definition) is 2. The second-order valence-electron chi connectivity index (χ2n) is 9.63. The topological polar surface area (TPSA) is 119 Å². The molecule has 2 atom stereocenters. The lowest BCUT2D eigenvalue weighted by atomic mass is 9.98. The van der Waals surface area contributed by atoms with Gasteiger partial charge in [0.15, 0.2) is 0 Å². The molecule has 5 rings (SSSR count). The van der Waals surface area contributed by atoms with Crippen LogP contribution in [0, 0.1) is 0 Å². The van der Waals surface area contributed by atoms with Crippen molar-refractivity contribution in [3.8, 4) is 11.5 Å². The van der Waals surface area contributed by atoms with E-state index in [1.54, 1.807) is 66.7 Å². The Bertz CT molecular complexity index is 1310. The summed E-state index contributed by atoms with van der Waals surface area (Å²) in [5.41, 5.74) is 1.67. The van der Waals surface area contributed by atoms with Gasteiger partial charge in [-0.15, -0.1) is 0 Å². The highest BCUT2D eigenvalue weighted by molar-refractivity contribution is 5.91. The number of piperazine rings is 1. The normalized spacial score (nSPS) is 19.7. The third-order valence-electron chi connectivity index (χ3n) is 7.04. The van der Waals surface area contributed by atoms with Gasteiger partial charge in [0, 0.05) is 20.0 Å². The second kappa shape index (κ2) is 11.1. The molecule has 39 heavy (non-hydrogen) atoms. The highest BCUT2D eigenvalue weighted by Crippen LogP contribution is 2.29. The van der Waals surface area contributed by atoms with Crippen LogP contribution in [0.3, 0.4) is 0 Å². The molecule has 2 N–H and O–H groups in total. The van der Waals surface area contributed by atoms with Crippen molar-refractivity contribution in [2.75, 3.05) is 27.2 Å². The van der Waals surface area contributed by atoms with Crippen molar-refractivity contribution in [2.24, 2.45) is 0 Å². The number of urea groups is 1. The molecule has 2 aliphatic rings. The molecule has 1 aromatic heterocycles. The molecule has 0 unspecified atom stereocenters. The molecular weight excluding hydrogens is 502 g/mol. The summed E-state index contributed by atoms with van der Waals surface area (Å²) >= 11 is 0. The summed E-state index contributed by atoms with van der Waals surface area (Å²) in [6.07, 6.45) is 1.06. The van der Waals surface area contributed by atoms with E-state index in [1.165, 1.54) is 9.91 Å². The Labute approximate surface area is 226 Å². The van der Waals surface area contributed by atoms with Crippen LogP contribution >= 0.6 is 0 Å². The van der Waals surface area contributed by atoms with Crippen LogP contribution in [0.5, 0.6) is 11.5 Å². The van der Waals surface area contributed by atoms with E-state index in [4.69, 9.17) is 9.15 Å². The molecule has 3 aromatic rings. The second-order valence-corrected chi connectivity index (χ2v) is 9.63. The van der Waals surface area contributed by atoms with Crippen LogP contribution in [-0.2, 0) is 29.1 Å². The Morgan fingerprint density at radius 3 is 2.46 bits per heavy atom. The molecule has 0 saturated carbocycles. The van der Waals surface area contributed by atoms with Gasteiger partial charge in [0.1, 0.15) is 29.5 Å². The van der Waals surface area contributed by atoms with Gasteiger partial charge in [-0.25, -0.2) is 14.8 Å². The Kier molecular flexibility index (Phi) is 7.42. The van der Waals surface area contributed by atoms with E-state index in [0.29, 0.717) is 5.76 Å². The van der Waals surface area contributed by atoms with Crippen LogP contribution in [0.15, 0.2) is 71.3 Å². The summed E-state index contributed by atoms with van der Waals surface area (Å²) in [6.45, 7) is 0.558. The van der Waals surface area contributed by atoms with Crippen LogP contribution in [0.2, 0.25) is 0 Å². The zero-order chi connectivity index (χ0) is 27.5. The number of aromatic hydroxyl groups is 1. The monoisotopic (exact) mass is 533 g/mol. The molecule has 11 nitrogen and oxygen atoms in total. The summed E-state index contributed by atoms with van der Waals surface area (Å²) in [5.74, 6) is 0.967. The first-order valence-corrected chi connectivity index (χ1v) is 12.7. The van der Waals surface area contributed by atoms with Crippen molar-refractivity contribution >= 4 is 17.8 Å². The van der Waals surface area contributed by atoms with Crippen molar-refractivity contribution in [1.29, 1.82) is 0 Å². The summed E-state index contributed by atoms with van der Waals surface area (Å²) in [5, 5.41) is 15.7. The maximum atomic E-state index is 13.7. The van der Waals surface area contributed by atoms with Gasteiger partial charge in [-0.3, -0.25) is 9.59 Å². The molecule has 11 heteroatoms. The number of nitrogens with zero attached hydrogens (tertiary/aromatic N) is 4. The summed E-state index contributed by atoms with van der Waals surface area (Å²) in [6, 6.07) is 16.2. The van der Waals surface area contributed by atoms with Gasteiger partial charge in [0.05, 0.1) is 33.0 Å². The van der Waals surface area contributed by atoms with Gasteiger partial charge in [-0.1, -0.05) is 24.3 Å². The number of hydrogen-bond acceptors (Lipinski definition) is 7. The van der Waals surface area contributed by atoms with Crippen LogP contribution in [0.4, 0.5) is 4.79 Å². The molecule has 0 aliphatic carbocycles. The smallest absolute Gasteiger partial charge is 0.334 e. The minimum Gasteiger partial charge on any atom is -0.508 e. The fourth-order valence-corrected chi connectivity index (χ4v) is 5.10. The molecule has 2 fully saturated rings. The number of ether oxygens (including phenoxy) is 1. The zero-order valence-electron chi connectivity index (χ0n) is 21.8. The average molecular weight is 534 g/mol. The summed E-state index contributed by atoms with van der Waals surface area (Å²) in [7, 11) is 3.28. The van der Waals surface area contributed by atoms with Gasteiger partial charge >= 0.3 is 6.03 Å². The molecule has 2 aliphatic heterocycles. The first-order chi connectivity index (χ1) is 18.8. The SMILES string of the molecule is COc1ccc(CNC(=O)N2[C@H]3CN(Cc4ccco4)C(=O)[C@H](Cc4ccc(O)cc4)N3C(=O)CN2C)cc1. The molecular formula is C28H31N5O6. The summed E-state index contributed by atoms with van der Waals surface area (Å²) in [4.78, 5) is 43.8. The number of phenolic OH excluding ortho intramolecular Hbond substituents is 1. The maximum Gasteiger partial charge on any atom is 0.334 e. The predicted molar refractivity (Wildman–Crippen MR) is 140 cm³/mol. The predicted octanol–water partition coefficient (Wildman–Crippen LogP) is 2.17. The standard InChI is InChI=1S/C28H31N5O6/c1-30-18-26(35)32-24(14-19-5-9-21(34)10-6-19)27(36)31(16-23-4-3-13-39-23)17-25(32)33(30)28(37)29-15-20-7-11-22(38-2)12-8-20/h3-13,24-25,34H,14-18H2,1-2H3,(H,29,37)/t24-,25-/m0/s1. The number of furan rings is 1. The Balaban J connectivity index is 1.42. The third kappa shape index (κ3) is 5.53. The molecule has 0 spiro atoms. The van der Waals surface area contributed by atoms with Crippen molar-refractivity contribution in [3.63, 3.8) is 0 Å². The van der Waals surface area contributed by atoms with Crippen molar-refractivity contribution < 1.29 is 28.6 Å². The molecule has 2 saturated heterocycles. The Hall–Kier alpha value is -4.51. The highest BCUT2D eigenvalue weighted by Gasteiger charge is 2.50. The molecule has 3 heterocycles. The van der Waals surface area contributed by atoms with Gasteiger partial charge in [0.25, 0.3) is 0 Å². The van der Waals surface area contributed by atoms with Crippen LogP contribution in [-0.4, -0.2) is 82.2 Å². The first-order valence-electron chi connectivity index (χ1n) is 12.7. The van der Waals surface area contributed by atoms with E-state index >= 15 is 0 Å². The molecule has 4 amide bonds. The zero-order valence-corrected chi connectivity index (χ0v) is 21.8. The minimum absolute atomic E-state index is 0.0516. The lowest BCUT2D eigenvalue weighted by Crippen LogP contribution is -2.76. The van der Waals surface area contributed by atoms with E-state index in [2.05, 4.69) is 5.32 Å². The Morgan fingerprint density at radius 2 is 1.79 bits per heavy atom. The number of nitrogens with one attached hydrogen (secondary N) is 1. The first kappa shape index (κ1) is 26.1. The molecule has 0 bridgehead atoms. The van der Waals surface area contributed by atoms with Gasteiger partial charge in [-0.2, -0.15) is 0 Å². The van der Waals surface area contributed by atoms with Crippen LogP contribution < -0.4 is 10.1 Å². The number of amides is 4. The number of likely N-dealkylation sites (N-methyl/N-ethyl adjacent to an activating group) is 1. The number of hydrazine groups is 1. The number of phenols is 1. The molecule has 204 valence electrons. The van der Waals surface area contributed by atoms with E-state index in [9.17, 15) is 19.5 Å². The van der Waals surface area contributed by atoms with Gasteiger partial charge in [-0.05, 0) is 47.5 Å². The average Bonchev–Trinajstić information content (AvgIpc) is 3.44. The summed E-state index contributed by atoms with van der Waals surface area (Å²) < 4.78 is 10.7. The molecule has 0 radical (unpaired) electrons. The highest BCUT2D eigenvalue weighted by atomic mass is 16.5. The van der Waals surface area contributed by atoms with Gasteiger partial charge < -0.3 is 29.4 Å². The lowest BCUT2D eigenvalue weighted by molar-refractivity contribution is -0.187. The Morgan fingerprint density at radius 1 is 1.08 bits per heavy atom. The van der Waals surface area contributed by atoms with Crippen LogP contribution in [0.25, 0.3) is 0 Å². The number of methoxy groups -OCH3 is 1. The largest absolute Gasteiger partial charge is 0.508 e. The molecule has 2 aromatic carbocycles. The van der Waals surface area contributed by atoms with E-state index < -0.39 is 12.2 Å².